The van der Waals surface area contributed by atoms with E-state index in [9.17, 15) is 4.79 Å². The largest absolute Gasteiger partial charge is 0.445 e. The summed E-state index contributed by atoms with van der Waals surface area (Å²) in [4.78, 5) is 14.0. The van der Waals surface area contributed by atoms with E-state index < -0.39 is 0 Å². The molecule has 27 heavy (non-hydrogen) atoms. The molecule has 140 valence electrons. The van der Waals surface area contributed by atoms with Crippen LogP contribution in [0, 0.1) is 6.92 Å². The van der Waals surface area contributed by atoms with E-state index in [-0.39, 0.29) is 12.2 Å². The van der Waals surface area contributed by atoms with Crippen molar-refractivity contribution in [1.82, 2.24) is 0 Å². The van der Waals surface area contributed by atoms with Crippen molar-refractivity contribution in [2.75, 3.05) is 19.9 Å². The zero-order valence-electron chi connectivity index (χ0n) is 15.5. The molecule has 5 nitrogen and oxygen atoms in total. The van der Waals surface area contributed by atoms with Crippen LogP contribution in [0.25, 0.3) is 11.0 Å². The first-order valence-electron chi connectivity index (χ1n) is 9.36. The molecule has 0 bridgehead atoms. The highest BCUT2D eigenvalue weighted by Gasteiger charge is 2.25. The molecule has 1 aliphatic rings. The highest BCUT2D eigenvalue weighted by Crippen LogP contribution is 2.31. The fraction of sp³-hybridized carbons (Fsp3) is 0.318. The minimum Gasteiger partial charge on any atom is -0.445 e. The summed E-state index contributed by atoms with van der Waals surface area (Å²) in [6, 6.07) is 13.9. The number of hydrogen-bond donors (Lipinski definition) is 2. The second-order valence-corrected chi connectivity index (χ2v) is 7.12. The second kappa shape index (κ2) is 7.55. The number of benzene rings is 2. The standard InChI is InChI=1S/C22H23NO4/c1-15-17-8-9-20-19(13-23(14-26-20)10-5-11-24)21(17)27-22(25)18(15)12-16-6-3-2-4-7-16/h2-4,6-9,24H,5,10-14H2,1H3/p+1. The number of aliphatic hydroxyl groups excluding tert-OH is 1. The molecule has 0 saturated carbocycles. The zero-order valence-corrected chi connectivity index (χ0v) is 15.5. The van der Waals surface area contributed by atoms with Gasteiger partial charge in [-0.05, 0) is 30.2 Å². The van der Waals surface area contributed by atoms with Gasteiger partial charge in [-0.2, -0.15) is 0 Å². The second-order valence-electron chi connectivity index (χ2n) is 7.12. The molecule has 2 heterocycles. The Morgan fingerprint density at radius 2 is 1.96 bits per heavy atom. The smallest absolute Gasteiger partial charge is 0.340 e. The van der Waals surface area contributed by atoms with Gasteiger partial charge in [0.1, 0.15) is 12.3 Å². The maximum Gasteiger partial charge on any atom is 0.340 e. The van der Waals surface area contributed by atoms with Crippen LogP contribution >= 0.6 is 0 Å². The van der Waals surface area contributed by atoms with Gasteiger partial charge in [-0.25, -0.2) is 4.79 Å². The van der Waals surface area contributed by atoms with Crippen LogP contribution in [-0.2, 0) is 13.0 Å². The number of fused-ring (bicyclic) bond motifs is 3. The molecule has 4 rings (SSSR count). The summed E-state index contributed by atoms with van der Waals surface area (Å²) >= 11 is 0. The number of rotatable bonds is 5. The first-order chi connectivity index (χ1) is 13.2. The quantitative estimate of drug-likeness (QED) is 0.676. The summed E-state index contributed by atoms with van der Waals surface area (Å²) in [5, 5.41) is 10.0. The van der Waals surface area contributed by atoms with E-state index in [1.165, 1.54) is 4.90 Å². The molecular weight excluding hydrogens is 342 g/mol. The molecule has 1 atom stereocenters. The van der Waals surface area contributed by atoms with E-state index in [4.69, 9.17) is 14.3 Å². The Balaban J connectivity index is 1.76. The zero-order chi connectivity index (χ0) is 18.8. The molecule has 0 fully saturated rings. The van der Waals surface area contributed by atoms with Crippen molar-refractivity contribution in [1.29, 1.82) is 0 Å². The monoisotopic (exact) mass is 366 g/mol. The molecule has 0 spiro atoms. The lowest BCUT2D eigenvalue weighted by Crippen LogP contribution is -3.12. The summed E-state index contributed by atoms with van der Waals surface area (Å²) in [6.45, 7) is 4.27. The SMILES string of the molecule is Cc1c(Cc2ccccc2)c(=O)oc2c3c(ccc12)OC[NH+](CCCO)C3. The topological polar surface area (TPSA) is 64.1 Å². The van der Waals surface area contributed by atoms with Crippen molar-refractivity contribution in [2.45, 2.75) is 26.3 Å². The van der Waals surface area contributed by atoms with Gasteiger partial charge in [0.25, 0.3) is 0 Å². The Morgan fingerprint density at radius 1 is 1.15 bits per heavy atom. The van der Waals surface area contributed by atoms with Gasteiger partial charge in [0, 0.05) is 30.4 Å². The normalized spacial score (nSPS) is 16.1. The van der Waals surface area contributed by atoms with Crippen LogP contribution in [0.2, 0.25) is 0 Å². The van der Waals surface area contributed by atoms with Crippen molar-refractivity contribution in [3.05, 3.63) is 75.1 Å². The average molecular weight is 366 g/mol. The Morgan fingerprint density at radius 3 is 2.74 bits per heavy atom. The fourth-order valence-corrected chi connectivity index (χ4v) is 3.77. The lowest BCUT2D eigenvalue weighted by Gasteiger charge is -2.26. The first kappa shape index (κ1) is 17.8. The molecule has 1 unspecified atom stereocenters. The third kappa shape index (κ3) is 3.48. The van der Waals surface area contributed by atoms with E-state index >= 15 is 0 Å². The maximum atomic E-state index is 12.8. The number of quaternary nitrogens is 1. The summed E-state index contributed by atoms with van der Waals surface area (Å²) < 4.78 is 11.7. The lowest BCUT2D eigenvalue weighted by molar-refractivity contribution is -0.932. The molecule has 0 saturated heterocycles. The first-order valence-corrected chi connectivity index (χ1v) is 9.36. The Labute approximate surface area is 157 Å². The highest BCUT2D eigenvalue weighted by atomic mass is 16.5. The fourth-order valence-electron chi connectivity index (χ4n) is 3.77. The Bertz CT molecular complexity index is 1010. The third-order valence-electron chi connectivity index (χ3n) is 5.29. The van der Waals surface area contributed by atoms with Crippen molar-refractivity contribution in [3.8, 4) is 5.75 Å². The Kier molecular flexibility index (Phi) is 4.97. The predicted molar refractivity (Wildman–Crippen MR) is 103 cm³/mol. The summed E-state index contributed by atoms with van der Waals surface area (Å²) in [7, 11) is 0. The molecule has 0 radical (unpaired) electrons. The van der Waals surface area contributed by atoms with Crippen LogP contribution in [0.1, 0.15) is 28.7 Å². The van der Waals surface area contributed by atoms with Crippen molar-refractivity contribution in [2.24, 2.45) is 0 Å². The number of aliphatic hydroxyl groups is 1. The number of nitrogens with one attached hydrogen (secondary N) is 1. The van der Waals surface area contributed by atoms with Crippen LogP contribution in [-0.4, -0.2) is 25.0 Å². The molecular formula is C22H24NO4+. The van der Waals surface area contributed by atoms with Crippen LogP contribution in [0.15, 0.2) is 51.7 Å². The number of ether oxygens (including phenoxy) is 1. The maximum absolute atomic E-state index is 12.8. The highest BCUT2D eigenvalue weighted by molar-refractivity contribution is 5.85. The van der Waals surface area contributed by atoms with Crippen molar-refractivity contribution < 1.29 is 19.2 Å². The van der Waals surface area contributed by atoms with Crippen LogP contribution < -0.4 is 15.3 Å². The van der Waals surface area contributed by atoms with Crippen LogP contribution in [0.4, 0.5) is 0 Å². The van der Waals surface area contributed by atoms with Gasteiger partial charge < -0.3 is 14.3 Å². The Hall–Kier alpha value is -2.63. The molecule has 1 aromatic heterocycles. The van der Waals surface area contributed by atoms with E-state index in [0.29, 0.717) is 24.3 Å². The average Bonchev–Trinajstić information content (AvgIpc) is 2.70. The molecule has 0 amide bonds. The number of aryl methyl sites for hydroxylation is 1. The van der Waals surface area contributed by atoms with Crippen molar-refractivity contribution in [3.63, 3.8) is 0 Å². The van der Waals surface area contributed by atoms with Gasteiger partial charge in [0.05, 0.1) is 12.1 Å². The minimum atomic E-state index is -0.278. The van der Waals surface area contributed by atoms with Crippen LogP contribution in [0.5, 0.6) is 5.75 Å². The van der Waals surface area contributed by atoms with Gasteiger partial charge in [-0.1, -0.05) is 30.3 Å². The van der Waals surface area contributed by atoms with Gasteiger partial charge in [0.2, 0.25) is 6.73 Å². The minimum absolute atomic E-state index is 0.170. The summed E-state index contributed by atoms with van der Waals surface area (Å²) in [5.74, 6) is 0.786. The molecule has 5 heteroatoms. The molecule has 0 aliphatic carbocycles. The van der Waals surface area contributed by atoms with Gasteiger partial charge in [0.15, 0.2) is 5.58 Å². The summed E-state index contributed by atoms with van der Waals surface area (Å²) in [5.41, 5.74) is 4.06. The van der Waals surface area contributed by atoms with E-state index in [1.807, 2.05) is 49.4 Å². The van der Waals surface area contributed by atoms with E-state index in [1.54, 1.807) is 0 Å². The van der Waals surface area contributed by atoms with E-state index in [0.717, 1.165) is 47.3 Å². The summed E-state index contributed by atoms with van der Waals surface area (Å²) in [6.07, 6.45) is 1.29. The van der Waals surface area contributed by atoms with Gasteiger partial charge in [-0.15, -0.1) is 0 Å². The molecule has 1 aliphatic heterocycles. The van der Waals surface area contributed by atoms with E-state index in [2.05, 4.69) is 0 Å². The van der Waals surface area contributed by atoms with Gasteiger partial charge >= 0.3 is 5.63 Å². The van der Waals surface area contributed by atoms with Crippen molar-refractivity contribution >= 4 is 11.0 Å². The van der Waals surface area contributed by atoms with Crippen LogP contribution in [0.3, 0.4) is 0 Å². The molecule has 3 aromatic rings. The third-order valence-corrected chi connectivity index (χ3v) is 5.29. The molecule has 2 N–H and O–H groups in total. The van der Waals surface area contributed by atoms with Gasteiger partial charge in [-0.3, -0.25) is 4.90 Å². The number of hydrogen-bond acceptors (Lipinski definition) is 4. The predicted octanol–water partition coefficient (Wildman–Crippen LogP) is 1.81. The molecule has 2 aromatic carbocycles. The lowest BCUT2D eigenvalue weighted by atomic mass is 9.98.